The van der Waals surface area contributed by atoms with Gasteiger partial charge < -0.3 is 9.47 Å². The van der Waals surface area contributed by atoms with Gasteiger partial charge >= 0.3 is 24.3 Å². The molecule has 0 amide bonds. The smallest absolute Gasteiger partial charge is 0.411 e. The average molecular weight is 504 g/mol. The van der Waals surface area contributed by atoms with Gasteiger partial charge in [0, 0.05) is 0 Å². The van der Waals surface area contributed by atoms with Crippen molar-refractivity contribution in [3.63, 3.8) is 0 Å². The number of esters is 2. The zero-order valence-electron chi connectivity index (χ0n) is 19.6. The van der Waals surface area contributed by atoms with Crippen LogP contribution in [-0.2, 0) is 14.9 Å². The maximum absolute atomic E-state index is 14.5. The Morgan fingerprint density at radius 3 is 1.66 bits per heavy atom. The Bertz CT molecular complexity index is 1010. The van der Waals surface area contributed by atoms with Crippen LogP contribution in [0.25, 0.3) is 0 Å². The molecule has 0 bridgehead atoms. The Kier molecular flexibility index (Phi) is 8.62. The first-order valence-corrected chi connectivity index (χ1v) is 11.0. The number of carbonyl (C=O) groups excluding carboxylic acids is 2. The summed E-state index contributed by atoms with van der Waals surface area (Å²) in [7, 11) is 0. The number of benzene rings is 2. The number of hydrogen-bond donors (Lipinski definition) is 0. The van der Waals surface area contributed by atoms with E-state index in [0.29, 0.717) is 31.0 Å². The lowest BCUT2D eigenvalue weighted by Crippen LogP contribution is -2.55. The summed E-state index contributed by atoms with van der Waals surface area (Å²) in [6.45, 7) is 6.46. The van der Waals surface area contributed by atoms with Crippen LogP contribution in [0, 0.1) is 0 Å². The van der Waals surface area contributed by atoms with Gasteiger partial charge in [0.1, 0.15) is 0 Å². The topological polar surface area (TPSA) is 52.6 Å². The van der Waals surface area contributed by atoms with Gasteiger partial charge in [0.2, 0.25) is 5.41 Å². The van der Waals surface area contributed by atoms with Crippen molar-refractivity contribution in [1.29, 1.82) is 0 Å². The normalized spacial score (nSPS) is 14.2. The van der Waals surface area contributed by atoms with Gasteiger partial charge in [-0.2, -0.15) is 26.3 Å². The number of halogens is 6. The first-order chi connectivity index (χ1) is 16.2. The van der Waals surface area contributed by atoms with Crippen molar-refractivity contribution in [3.8, 4) is 0 Å². The van der Waals surface area contributed by atoms with Gasteiger partial charge in [0.15, 0.2) is 0 Å². The Labute approximate surface area is 199 Å². The van der Waals surface area contributed by atoms with E-state index in [-0.39, 0.29) is 5.56 Å². The van der Waals surface area contributed by atoms with E-state index in [4.69, 9.17) is 9.47 Å². The SMILES string of the molecule is CCC(C)OC(=O)c1ccc(C(c2ccccc2C(=O)OC(C)CC)(C(F)(F)F)C(F)(F)F)cc1. The van der Waals surface area contributed by atoms with Crippen molar-refractivity contribution < 1.29 is 45.4 Å². The Morgan fingerprint density at radius 2 is 1.20 bits per heavy atom. The molecule has 0 aliphatic rings. The molecule has 2 atom stereocenters. The van der Waals surface area contributed by atoms with Crippen LogP contribution in [0.2, 0.25) is 0 Å². The van der Waals surface area contributed by atoms with Crippen LogP contribution in [0.1, 0.15) is 72.4 Å². The van der Waals surface area contributed by atoms with Crippen LogP contribution >= 0.6 is 0 Å². The highest BCUT2D eigenvalue weighted by atomic mass is 19.4. The van der Waals surface area contributed by atoms with Crippen molar-refractivity contribution in [2.24, 2.45) is 0 Å². The average Bonchev–Trinajstić information content (AvgIpc) is 2.78. The molecule has 0 aliphatic carbocycles. The third-order valence-electron chi connectivity index (χ3n) is 5.72. The summed E-state index contributed by atoms with van der Waals surface area (Å²) in [5.74, 6) is -2.19. The zero-order valence-corrected chi connectivity index (χ0v) is 19.6. The molecule has 4 nitrogen and oxygen atoms in total. The fraction of sp³-hybridized carbons (Fsp3) is 0.440. The van der Waals surface area contributed by atoms with Gasteiger partial charge in [-0.1, -0.05) is 44.2 Å². The summed E-state index contributed by atoms with van der Waals surface area (Å²) in [5, 5.41) is 0. The Balaban J connectivity index is 2.76. The molecule has 0 aliphatic heterocycles. The van der Waals surface area contributed by atoms with E-state index in [2.05, 4.69) is 0 Å². The lowest BCUT2D eigenvalue weighted by atomic mass is 9.71. The Morgan fingerprint density at radius 1 is 0.743 bits per heavy atom. The van der Waals surface area contributed by atoms with E-state index in [1.165, 1.54) is 6.92 Å². The molecule has 192 valence electrons. The van der Waals surface area contributed by atoms with E-state index in [1.54, 1.807) is 20.8 Å². The van der Waals surface area contributed by atoms with Gasteiger partial charge in [-0.05, 0) is 56.0 Å². The molecule has 0 fully saturated rings. The second-order valence-electron chi connectivity index (χ2n) is 8.12. The molecule has 0 N–H and O–H groups in total. The minimum Gasteiger partial charge on any atom is -0.459 e. The quantitative estimate of drug-likeness (QED) is 0.287. The standard InChI is InChI=1S/C25H26F6O4/c1-5-15(3)34-21(32)17-11-13-18(14-12-17)23(24(26,27)28,25(29,30)31)20-10-8-7-9-19(20)22(33)35-16(4)6-2/h7-16H,5-6H2,1-4H3. The van der Waals surface area contributed by atoms with Crippen LogP contribution in [-0.4, -0.2) is 36.5 Å². The first kappa shape index (κ1) is 28.2. The number of rotatable bonds is 8. The number of hydrogen-bond acceptors (Lipinski definition) is 4. The van der Waals surface area contributed by atoms with Gasteiger partial charge in [0.05, 0.1) is 23.3 Å². The fourth-order valence-corrected chi connectivity index (χ4v) is 3.46. The van der Waals surface area contributed by atoms with Gasteiger partial charge in [-0.15, -0.1) is 0 Å². The molecular formula is C25H26F6O4. The van der Waals surface area contributed by atoms with Gasteiger partial charge in [-0.3, -0.25) is 0 Å². The minimum absolute atomic E-state index is 0.211. The molecule has 0 radical (unpaired) electrons. The van der Waals surface area contributed by atoms with E-state index >= 15 is 0 Å². The van der Waals surface area contributed by atoms with Crippen LogP contribution in [0.3, 0.4) is 0 Å². The molecule has 35 heavy (non-hydrogen) atoms. The highest BCUT2D eigenvalue weighted by Crippen LogP contribution is 2.57. The molecule has 0 saturated heterocycles. The summed E-state index contributed by atoms with van der Waals surface area (Å²) in [4.78, 5) is 24.8. The lowest BCUT2D eigenvalue weighted by molar-refractivity contribution is -0.288. The van der Waals surface area contributed by atoms with E-state index in [1.807, 2.05) is 0 Å². The lowest BCUT2D eigenvalue weighted by Gasteiger charge is -2.39. The summed E-state index contributed by atoms with van der Waals surface area (Å²) in [6, 6.07) is 6.44. The first-order valence-electron chi connectivity index (χ1n) is 11.0. The van der Waals surface area contributed by atoms with Crippen LogP contribution < -0.4 is 0 Å². The molecule has 0 saturated carbocycles. The van der Waals surface area contributed by atoms with Crippen molar-refractivity contribution >= 4 is 11.9 Å². The van der Waals surface area contributed by atoms with Crippen LogP contribution in [0.4, 0.5) is 26.3 Å². The summed E-state index contributed by atoms with van der Waals surface area (Å²) < 4.78 is 97.3. The van der Waals surface area contributed by atoms with E-state index in [9.17, 15) is 35.9 Å². The summed E-state index contributed by atoms with van der Waals surface area (Å²) >= 11 is 0. The molecule has 0 aromatic heterocycles. The maximum atomic E-state index is 14.5. The van der Waals surface area contributed by atoms with Crippen molar-refractivity contribution in [2.75, 3.05) is 0 Å². The molecule has 10 heteroatoms. The largest absolute Gasteiger partial charge is 0.459 e. The Hall–Kier alpha value is -3.04. The molecule has 2 unspecified atom stereocenters. The van der Waals surface area contributed by atoms with Crippen molar-refractivity contribution in [1.82, 2.24) is 0 Å². The highest BCUT2D eigenvalue weighted by molar-refractivity contribution is 5.92. The second-order valence-corrected chi connectivity index (χ2v) is 8.12. The van der Waals surface area contributed by atoms with E-state index < -0.39 is 58.6 Å². The zero-order chi connectivity index (χ0) is 26.6. The molecule has 0 spiro atoms. The number of ether oxygens (including phenoxy) is 2. The molecule has 0 heterocycles. The minimum atomic E-state index is -5.91. The monoisotopic (exact) mass is 504 g/mol. The maximum Gasteiger partial charge on any atom is 0.411 e. The second kappa shape index (κ2) is 10.7. The molecule has 2 aromatic rings. The van der Waals surface area contributed by atoms with Crippen molar-refractivity contribution in [2.45, 2.75) is 70.5 Å². The molecule has 2 aromatic carbocycles. The van der Waals surface area contributed by atoms with Crippen LogP contribution in [0.15, 0.2) is 48.5 Å². The van der Waals surface area contributed by atoms with Gasteiger partial charge in [-0.25, -0.2) is 9.59 Å². The van der Waals surface area contributed by atoms with E-state index in [0.717, 1.165) is 30.3 Å². The van der Waals surface area contributed by atoms with Gasteiger partial charge in [0.25, 0.3) is 0 Å². The summed E-state index contributed by atoms with van der Waals surface area (Å²) in [6.07, 6.45) is -12.2. The predicted molar refractivity (Wildman–Crippen MR) is 116 cm³/mol. The molecule has 2 rings (SSSR count). The third kappa shape index (κ3) is 5.62. The number of alkyl halides is 6. The predicted octanol–water partition coefficient (Wildman–Crippen LogP) is 7.01. The van der Waals surface area contributed by atoms with Crippen molar-refractivity contribution in [3.05, 3.63) is 70.8 Å². The third-order valence-corrected chi connectivity index (χ3v) is 5.72. The molecular weight excluding hydrogens is 478 g/mol. The fourth-order valence-electron chi connectivity index (χ4n) is 3.46. The van der Waals surface area contributed by atoms with Crippen LogP contribution in [0.5, 0.6) is 0 Å². The number of carbonyl (C=O) groups is 2. The summed E-state index contributed by atoms with van der Waals surface area (Å²) in [5.41, 5.74) is -8.16. The highest BCUT2D eigenvalue weighted by Gasteiger charge is 2.73.